The van der Waals surface area contributed by atoms with Crippen LogP contribution in [0.15, 0.2) is 89.8 Å². The van der Waals surface area contributed by atoms with Crippen LogP contribution >= 0.6 is 0 Å². The van der Waals surface area contributed by atoms with Crippen LogP contribution < -0.4 is 0 Å². The van der Waals surface area contributed by atoms with Crippen molar-refractivity contribution in [3.63, 3.8) is 0 Å². The van der Waals surface area contributed by atoms with Crippen LogP contribution in [0, 0.1) is 6.92 Å². The van der Waals surface area contributed by atoms with E-state index < -0.39 is 9.84 Å². The minimum absolute atomic E-state index is 0.0819. The Balaban J connectivity index is 1.78. The molecule has 0 aliphatic heterocycles. The number of sulfone groups is 1. The summed E-state index contributed by atoms with van der Waals surface area (Å²) in [6, 6.07) is 27.5. The summed E-state index contributed by atoms with van der Waals surface area (Å²) in [5.74, 6) is 0.0819. The van der Waals surface area contributed by atoms with Crippen LogP contribution in [-0.4, -0.2) is 50.7 Å². The molecular weight excluding hydrogens is 404 g/mol. The van der Waals surface area contributed by atoms with Gasteiger partial charge in [0.1, 0.15) is 0 Å². The maximum Gasteiger partial charge on any atom is 0.179 e. The Hall–Kier alpha value is -2.47. The molecule has 0 amide bonds. The summed E-state index contributed by atoms with van der Waals surface area (Å²) in [7, 11) is 0.663. The van der Waals surface area contributed by atoms with E-state index in [9.17, 15) is 8.42 Å². The molecule has 3 aromatic rings. The van der Waals surface area contributed by atoms with Crippen molar-refractivity contribution < 1.29 is 8.42 Å². The summed E-state index contributed by atoms with van der Waals surface area (Å²) in [6.45, 7) is 4.10. The molecule has 0 aromatic heterocycles. The summed E-state index contributed by atoms with van der Waals surface area (Å²) >= 11 is 0. The molecule has 164 valence electrons. The monoisotopic (exact) mass is 436 g/mol. The van der Waals surface area contributed by atoms with Crippen LogP contribution in [0.1, 0.15) is 16.7 Å². The fraction of sp³-hybridized carbons (Fsp3) is 0.308. The summed E-state index contributed by atoms with van der Waals surface area (Å²) in [5, 5.41) is 0. The molecule has 3 rings (SSSR count). The highest BCUT2D eigenvalue weighted by atomic mass is 32.2. The van der Waals surface area contributed by atoms with E-state index in [0.29, 0.717) is 18.0 Å². The quantitative estimate of drug-likeness (QED) is 0.472. The zero-order valence-corrected chi connectivity index (χ0v) is 19.4. The van der Waals surface area contributed by atoms with Crippen molar-refractivity contribution in [3.05, 3.63) is 102 Å². The van der Waals surface area contributed by atoms with E-state index in [2.05, 4.69) is 41.1 Å². The molecule has 0 unspecified atom stereocenters. The van der Waals surface area contributed by atoms with Gasteiger partial charge in [0.2, 0.25) is 0 Å². The lowest BCUT2D eigenvalue weighted by Gasteiger charge is -2.31. The maximum atomic E-state index is 13.2. The standard InChI is InChI=1S/C26H32N2O2S/c1-22-14-16-26(17-15-22)31(29,30)21-25(28(3)19-24-12-8-5-9-13-24)20-27(2)18-23-10-6-4-7-11-23/h4-17,25H,18-21H2,1-3H3/t25-/m1/s1. The Morgan fingerprint density at radius 2 is 1.26 bits per heavy atom. The first kappa shape index (κ1) is 23.2. The second-order valence-electron chi connectivity index (χ2n) is 8.33. The molecule has 4 nitrogen and oxygen atoms in total. The highest BCUT2D eigenvalue weighted by molar-refractivity contribution is 7.91. The molecule has 5 heteroatoms. The van der Waals surface area contributed by atoms with Crippen LogP contribution in [0.3, 0.4) is 0 Å². The molecule has 0 heterocycles. The van der Waals surface area contributed by atoms with Gasteiger partial charge in [0.15, 0.2) is 9.84 Å². The van der Waals surface area contributed by atoms with Crippen molar-refractivity contribution in [1.29, 1.82) is 0 Å². The van der Waals surface area contributed by atoms with Crippen molar-refractivity contribution in [2.24, 2.45) is 0 Å². The minimum atomic E-state index is -3.40. The van der Waals surface area contributed by atoms with E-state index in [1.807, 2.05) is 62.5 Å². The van der Waals surface area contributed by atoms with Gasteiger partial charge in [-0.15, -0.1) is 0 Å². The fourth-order valence-corrected chi connectivity index (χ4v) is 5.34. The molecule has 0 bridgehead atoms. The van der Waals surface area contributed by atoms with E-state index in [4.69, 9.17) is 0 Å². The number of nitrogens with zero attached hydrogens (tertiary/aromatic N) is 2. The number of aryl methyl sites for hydroxylation is 1. The predicted molar refractivity (Wildman–Crippen MR) is 128 cm³/mol. The van der Waals surface area contributed by atoms with E-state index in [0.717, 1.165) is 12.1 Å². The van der Waals surface area contributed by atoms with Crippen molar-refractivity contribution in [2.75, 3.05) is 26.4 Å². The topological polar surface area (TPSA) is 40.6 Å². The molecule has 0 saturated heterocycles. The van der Waals surface area contributed by atoms with Crippen LogP contribution in [-0.2, 0) is 22.9 Å². The van der Waals surface area contributed by atoms with E-state index in [-0.39, 0.29) is 11.8 Å². The van der Waals surface area contributed by atoms with Gasteiger partial charge in [0, 0.05) is 25.7 Å². The summed E-state index contributed by atoms with van der Waals surface area (Å²) in [6.07, 6.45) is 0. The van der Waals surface area contributed by atoms with Crippen molar-refractivity contribution in [3.8, 4) is 0 Å². The predicted octanol–water partition coefficient (Wildman–Crippen LogP) is 4.40. The molecule has 0 aliphatic rings. The molecule has 0 spiro atoms. The Morgan fingerprint density at radius 3 is 1.81 bits per heavy atom. The third kappa shape index (κ3) is 7.03. The van der Waals surface area contributed by atoms with Gasteiger partial charge in [-0.1, -0.05) is 78.4 Å². The lowest BCUT2D eigenvalue weighted by molar-refractivity contribution is 0.184. The largest absolute Gasteiger partial charge is 0.301 e. The van der Waals surface area contributed by atoms with Crippen molar-refractivity contribution in [1.82, 2.24) is 9.80 Å². The van der Waals surface area contributed by atoms with Crippen LogP contribution in [0.2, 0.25) is 0 Å². The van der Waals surface area contributed by atoms with Gasteiger partial charge in [0.05, 0.1) is 10.6 Å². The Morgan fingerprint density at radius 1 is 0.742 bits per heavy atom. The van der Waals surface area contributed by atoms with Crippen LogP contribution in [0.5, 0.6) is 0 Å². The summed E-state index contributed by atoms with van der Waals surface area (Å²) in [5.41, 5.74) is 3.45. The first-order chi connectivity index (χ1) is 14.8. The molecule has 1 atom stereocenters. The molecule has 0 N–H and O–H groups in total. The molecule has 0 fully saturated rings. The first-order valence-corrected chi connectivity index (χ1v) is 12.2. The zero-order chi connectivity index (χ0) is 22.3. The van der Waals surface area contributed by atoms with Gasteiger partial charge < -0.3 is 4.90 Å². The SMILES string of the molecule is Cc1ccc(S(=O)(=O)C[C@@H](CN(C)Cc2ccccc2)N(C)Cc2ccccc2)cc1. The van der Waals surface area contributed by atoms with Gasteiger partial charge >= 0.3 is 0 Å². The Kier molecular flexibility index (Phi) is 8.02. The maximum absolute atomic E-state index is 13.2. The average molecular weight is 437 g/mol. The number of likely N-dealkylation sites (N-methyl/N-ethyl adjacent to an activating group) is 2. The Labute approximate surface area is 187 Å². The normalized spacial score (nSPS) is 12.9. The third-order valence-corrected chi connectivity index (χ3v) is 7.32. The zero-order valence-electron chi connectivity index (χ0n) is 18.6. The average Bonchev–Trinajstić information content (AvgIpc) is 2.75. The van der Waals surface area contributed by atoms with Crippen molar-refractivity contribution >= 4 is 9.84 Å². The molecule has 0 radical (unpaired) electrons. The number of benzene rings is 3. The summed E-state index contributed by atoms with van der Waals surface area (Å²) < 4.78 is 26.4. The number of rotatable bonds is 10. The van der Waals surface area contributed by atoms with E-state index in [1.165, 1.54) is 11.1 Å². The number of hydrogen-bond acceptors (Lipinski definition) is 4. The minimum Gasteiger partial charge on any atom is -0.301 e. The molecular formula is C26H32N2O2S. The second-order valence-corrected chi connectivity index (χ2v) is 10.4. The fourth-order valence-electron chi connectivity index (χ4n) is 3.73. The lowest BCUT2D eigenvalue weighted by atomic mass is 10.1. The first-order valence-electron chi connectivity index (χ1n) is 10.6. The molecule has 0 saturated carbocycles. The number of hydrogen-bond donors (Lipinski definition) is 0. The molecule has 0 aliphatic carbocycles. The highest BCUT2D eigenvalue weighted by Gasteiger charge is 2.26. The highest BCUT2D eigenvalue weighted by Crippen LogP contribution is 2.17. The van der Waals surface area contributed by atoms with Gasteiger partial charge in [-0.2, -0.15) is 0 Å². The van der Waals surface area contributed by atoms with Crippen molar-refractivity contribution in [2.45, 2.75) is 31.0 Å². The van der Waals surface area contributed by atoms with Gasteiger partial charge in [-0.25, -0.2) is 8.42 Å². The van der Waals surface area contributed by atoms with E-state index in [1.54, 1.807) is 12.1 Å². The lowest BCUT2D eigenvalue weighted by Crippen LogP contribution is -2.44. The Bertz CT molecular complexity index is 1040. The van der Waals surface area contributed by atoms with Crippen LogP contribution in [0.25, 0.3) is 0 Å². The second kappa shape index (κ2) is 10.7. The smallest absolute Gasteiger partial charge is 0.179 e. The van der Waals surface area contributed by atoms with Gasteiger partial charge in [0.25, 0.3) is 0 Å². The third-order valence-electron chi connectivity index (χ3n) is 5.51. The van der Waals surface area contributed by atoms with Gasteiger partial charge in [-0.3, -0.25) is 4.90 Å². The molecule has 3 aromatic carbocycles. The summed E-state index contributed by atoms with van der Waals surface area (Å²) in [4.78, 5) is 4.75. The van der Waals surface area contributed by atoms with Crippen LogP contribution in [0.4, 0.5) is 0 Å². The molecule has 31 heavy (non-hydrogen) atoms. The van der Waals surface area contributed by atoms with E-state index >= 15 is 0 Å². The van der Waals surface area contributed by atoms with Gasteiger partial charge in [-0.05, 0) is 44.3 Å².